The molecule has 4 nitrogen and oxygen atoms in total. The van der Waals surface area contributed by atoms with E-state index in [0.29, 0.717) is 0 Å². The lowest BCUT2D eigenvalue weighted by atomic mass is 9.92. The molecule has 94 valence electrons. The van der Waals surface area contributed by atoms with E-state index in [1.54, 1.807) is 0 Å². The minimum absolute atomic E-state index is 0.0984. The van der Waals surface area contributed by atoms with Crippen LogP contribution in [0.2, 0.25) is 0 Å². The summed E-state index contributed by atoms with van der Waals surface area (Å²) in [6.07, 6.45) is 1.88. The molecule has 1 aliphatic heterocycles. The second kappa shape index (κ2) is 5.10. The zero-order chi connectivity index (χ0) is 12.3. The molecule has 1 aromatic rings. The monoisotopic (exact) mass is 234 g/mol. The van der Waals surface area contributed by atoms with Gasteiger partial charge in [-0.3, -0.25) is 4.90 Å². The Morgan fingerprint density at radius 2 is 2.00 bits per heavy atom. The van der Waals surface area contributed by atoms with Gasteiger partial charge >= 0.3 is 0 Å². The highest BCUT2D eigenvalue weighted by atomic mass is 15.2. The van der Waals surface area contributed by atoms with E-state index in [1.807, 2.05) is 12.3 Å². The third-order valence-corrected chi connectivity index (χ3v) is 3.05. The summed E-state index contributed by atoms with van der Waals surface area (Å²) in [5.41, 5.74) is 1.22. The van der Waals surface area contributed by atoms with Crippen molar-refractivity contribution in [1.82, 2.24) is 20.2 Å². The molecule has 0 radical (unpaired) electrons. The van der Waals surface area contributed by atoms with Crippen LogP contribution in [0.5, 0.6) is 0 Å². The van der Waals surface area contributed by atoms with E-state index in [2.05, 4.69) is 41.0 Å². The number of nitrogens with zero attached hydrogens (tertiary/aromatic N) is 3. The van der Waals surface area contributed by atoms with E-state index >= 15 is 0 Å². The Hall–Kier alpha value is -1.00. The largest absolute Gasteiger partial charge is 0.314 e. The Morgan fingerprint density at radius 3 is 2.65 bits per heavy atom. The highest BCUT2D eigenvalue weighted by Gasteiger charge is 2.17. The second-order valence-corrected chi connectivity index (χ2v) is 5.63. The Morgan fingerprint density at radius 1 is 1.29 bits per heavy atom. The van der Waals surface area contributed by atoms with Crippen LogP contribution < -0.4 is 5.32 Å². The molecule has 0 bridgehead atoms. The molecule has 17 heavy (non-hydrogen) atoms. The lowest BCUT2D eigenvalue weighted by Crippen LogP contribution is -2.43. The van der Waals surface area contributed by atoms with Crippen LogP contribution in [-0.2, 0) is 12.0 Å². The van der Waals surface area contributed by atoms with Crippen LogP contribution in [0, 0.1) is 0 Å². The number of nitrogens with one attached hydrogen (secondary N) is 1. The van der Waals surface area contributed by atoms with Crippen LogP contribution in [0.15, 0.2) is 12.3 Å². The minimum atomic E-state index is 0.0984. The smallest absolute Gasteiger partial charge is 0.142 e. The number of hydrogen-bond donors (Lipinski definition) is 1. The normalized spacial score (nSPS) is 18.3. The second-order valence-electron chi connectivity index (χ2n) is 5.63. The Balaban J connectivity index is 2.05. The first kappa shape index (κ1) is 12.5. The van der Waals surface area contributed by atoms with Gasteiger partial charge in [0.25, 0.3) is 0 Å². The van der Waals surface area contributed by atoms with Gasteiger partial charge < -0.3 is 5.32 Å². The van der Waals surface area contributed by atoms with Crippen LogP contribution in [0.1, 0.15) is 32.3 Å². The van der Waals surface area contributed by atoms with E-state index in [1.165, 1.54) is 0 Å². The Bertz CT molecular complexity index is 364. The number of piperazine rings is 1. The average molecular weight is 234 g/mol. The quantitative estimate of drug-likeness (QED) is 0.834. The highest BCUT2D eigenvalue weighted by Crippen LogP contribution is 2.19. The van der Waals surface area contributed by atoms with Crippen molar-refractivity contribution in [2.24, 2.45) is 0 Å². The molecule has 1 fully saturated rings. The summed E-state index contributed by atoms with van der Waals surface area (Å²) in [6, 6.07) is 2.02. The van der Waals surface area contributed by atoms with E-state index in [-0.39, 0.29) is 5.41 Å². The molecule has 1 aromatic heterocycles. The molecule has 1 aliphatic rings. The Labute approximate surface area is 103 Å². The number of rotatable bonds is 2. The van der Waals surface area contributed by atoms with Gasteiger partial charge in [-0.1, -0.05) is 20.8 Å². The molecule has 4 heteroatoms. The number of aromatic nitrogens is 2. The fourth-order valence-corrected chi connectivity index (χ4v) is 1.96. The average Bonchev–Trinajstić information content (AvgIpc) is 2.29. The molecule has 1 N–H and O–H groups in total. The fourth-order valence-electron chi connectivity index (χ4n) is 1.96. The molecule has 1 saturated heterocycles. The lowest BCUT2D eigenvalue weighted by molar-refractivity contribution is 0.227. The standard InChI is InChI=1S/C13H22N4/c1-13(2,3)11-4-5-15-12(16-11)10-17-8-6-14-7-9-17/h4-5,14H,6-10H2,1-3H3. The molecule has 0 spiro atoms. The van der Waals surface area contributed by atoms with Crippen LogP contribution in [0.25, 0.3) is 0 Å². The van der Waals surface area contributed by atoms with Crippen molar-refractivity contribution in [1.29, 1.82) is 0 Å². The maximum absolute atomic E-state index is 4.66. The van der Waals surface area contributed by atoms with E-state index in [4.69, 9.17) is 0 Å². The van der Waals surface area contributed by atoms with Gasteiger partial charge in [-0.15, -0.1) is 0 Å². The van der Waals surface area contributed by atoms with Gasteiger partial charge in [0.15, 0.2) is 0 Å². The SMILES string of the molecule is CC(C)(C)c1ccnc(CN2CCNCC2)n1. The predicted molar refractivity (Wildman–Crippen MR) is 68.9 cm³/mol. The lowest BCUT2D eigenvalue weighted by Gasteiger charge is -2.26. The molecular weight excluding hydrogens is 212 g/mol. The van der Waals surface area contributed by atoms with E-state index < -0.39 is 0 Å². The van der Waals surface area contributed by atoms with Gasteiger partial charge in [-0.25, -0.2) is 9.97 Å². The third kappa shape index (κ3) is 3.48. The first-order valence-electron chi connectivity index (χ1n) is 6.31. The predicted octanol–water partition coefficient (Wildman–Crippen LogP) is 1.18. The van der Waals surface area contributed by atoms with Crippen LogP contribution in [0.3, 0.4) is 0 Å². The summed E-state index contributed by atoms with van der Waals surface area (Å²) < 4.78 is 0. The van der Waals surface area contributed by atoms with Crippen molar-refractivity contribution >= 4 is 0 Å². The van der Waals surface area contributed by atoms with Crippen LogP contribution >= 0.6 is 0 Å². The van der Waals surface area contributed by atoms with Crippen molar-refractivity contribution in [3.8, 4) is 0 Å². The first-order chi connectivity index (χ1) is 8.05. The van der Waals surface area contributed by atoms with Gasteiger partial charge in [0.1, 0.15) is 5.82 Å². The number of hydrogen-bond acceptors (Lipinski definition) is 4. The van der Waals surface area contributed by atoms with Gasteiger partial charge in [-0.2, -0.15) is 0 Å². The van der Waals surface area contributed by atoms with Crippen molar-refractivity contribution in [2.75, 3.05) is 26.2 Å². The molecule has 0 saturated carbocycles. The molecule has 0 aliphatic carbocycles. The van der Waals surface area contributed by atoms with Crippen LogP contribution in [0.4, 0.5) is 0 Å². The van der Waals surface area contributed by atoms with Gasteiger partial charge in [0, 0.05) is 43.5 Å². The zero-order valence-corrected chi connectivity index (χ0v) is 11.0. The Kier molecular flexibility index (Phi) is 3.74. The van der Waals surface area contributed by atoms with Gasteiger partial charge in [-0.05, 0) is 6.07 Å². The van der Waals surface area contributed by atoms with Crippen molar-refractivity contribution in [3.05, 3.63) is 23.8 Å². The summed E-state index contributed by atoms with van der Waals surface area (Å²) in [4.78, 5) is 11.4. The maximum Gasteiger partial charge on any atom is 0.142 e. The summed E-state index contributed by atoms with van der Waals surface area (Å²) >= 11 is 0. The highest BCUT2D eigenvalue weighted by molar-refractivity contribution is 5.12. The summed E-state index contributed by atoms with van der Waals surface area (Å²) in [6.45, 7) is 11.7. The summed E-state index contributed by atoms with van der Waals surface area (Å²) in [5, 5.41) is 3.35. The summed E-state index contributed by atoms with van der Waals surface area (Å²) in [5.74, 6) is 0.944. The molecule has 2 heterocycles. The molecule has 0 aromatic carbocycles. The van der Waals surface area contributed by atoms with E-state index in [0.717, 1.165) is 44.2 Å². The topological polar surface area (TPSA) is 41.1 Å². The fraction of sp³-hybridized carbons (Fsp3) is 0.692. The van der Waals surface area contributed by atoms with Crippen LogP contribution in [-0.4, -0.2) is 41.0 Å². The molecule has 0 atom stereocenters. The van der Waals surface area contributed by atoms with Crippen molar-refractivity contribution < 1.29 is 0 Å². The zero-order valence-electron chi connectivity index (χ0n) is 11.0. The molecule has 0 amide bonds. The first-order valence-corrected chi connectivity index (χ1v) is 6.31. The minimum Gasteiger partial charge on any atom is -0.314 e. The summed E-state index contributed by atoms with van der Waals surface area (Å²) in [7, 11) is 0. The van der Waals surface area contributed by atoms with E-state index in [9.17, 15) is 0 Å². The van der Waals surface area contributed by atoms with Gasteiger partial charge in [0.05, 0.1) is 6.54 Å². The third-order valence-electron chi connectivity index (χ3n) is 3.05. The van der Waals surface area contributed by atoms with Crippen molar-refractivity contribution in [2.45, 2.75) is 32.7 Å². The molecule has 0 unspecified atom stereocenters. The maximum atomic E-state index is 4.66. The van der Waals surface area contributed by atoms with Crippen molar-refractivity contribution in [3.63, 3.8) is 0 Å². The molecule has 2 rings (SSSR count). The molecular formula is C13H22N4. The van der Waals surface area contributed by atoms with Gasteiger partial charge in [0.2, 0.25) is 0 Å².